The molecule has 2 aromatic heterocycles. The number of thiazole rings is 1. The average molecular weight is 293 g/mol. The van der Waals surface area contributed by atoms with Gasteiger partial charge in [-0.2, -0.15) is 0 Å². The Labute approximate surface area is 119 Å². The third kappa shape index (κ3) is 2.41. The van der Waals surface area contributed by atoms with E-state index in [0.29, 0.717) is 6.61 Å². The Balaban J connectivity index is 2.02. The maximum atomic E-state index is 10.8. The minimum Gasteiger partial charge on any atom is -0.478 e. The van der Waals surface area contributed by atoms with Crippen molar-refractivity contribution in [2.45, 2.75) is 13.0 Å². The van der Waals surface area contributed by atoms with Crippen molar-refractivity contribution < 1.29 is 14.6 Å². The molecular formula is C13H15N3O3S. The number of hydrogen-bond acceptors (Lipinski definition) is 5. The first kappa shape index (κ1) is 13.1. The van der Waals surface area contributed by atoms with Gasteiger partial charge < -0.3 is 14.7 Å². The number of anilines is 1. The van der Waals surface area contributed by atoms with Gasteiger partial charge >= 0.3 is 5.97 Å². The summed E-state index contributed by atoms with van der Waals surface area (Å²) in [5.41, 5.74) is 0.803. The molecule has 1 aliphatic heterocycles. The van der Waals surface area contributed by atoms with Crippen LogP contribution in [0.5, 0.6) is 0 Å². The van der Waals surface area contributed by atoms with Crippen LogP contribution in [0.3, 0.4) is 0 Å². The highest BCUT2D eigenvalue weighted by Crippen LogP contribution is 2.27. The minimum atomic E-state index is -0.962. The zero-order chi connectivity index (χ0) is 14.1. The summed E-state index contributed by atoms with van der Waals surface area (Å²) in [7, 11) is 0. The van der Waals surface area contributed by atoms with Crippen LogP contribution in [0.2, 0.25) is 0 Å². The lowest BCUT2D eigenvalue weighted by molar-refractivity contribution is -0.131. The van der Waals surface area contributed by atoms with Gasteiger partial charge in [-0.05, 0) is 13.0 Å². The highest BCUT2D eigenvalue weighted by Gasteiger charge is 2.22. The van der Waals surface area contributed by atoms with E-state index >= 15 is 0 Å². The second-order valence-corrected chi connectivity index (χ2v) is 5.55. The number of carboxylic acids is 1. The first-order valence-electron chi connectivity index (χ1n) is 6.38. The van der Waals surface area contributed by atoms with E-state index in [0.717, 1.165) is 35.6 Å². The van der Waals surface area contributed by atoms with Crippen LogP contribution < -0.4 is 4.90 Å². The van der Waals surface area contributed by atoms with E-state index in [1.165, 1.54) is 11.3 Å². The number of fused-ring (bicyclic) bond motifs is 1. The summed E-state index contributed by atoms with van der Waals surface area (Å²) in [6, 6.07) is 0. The summed E-state index contributed by atoms with van der Waals surface area (Å²) in [6.45, 7) is 4.22. The lowest BCUT2D eigenvalue weighted by Gasteiger charge is -2.31. The van der Waals surface area contributed by atoms with Gasteiger partial charge in [0.15, 0.2) is 10.8 Å². The number of carbonyl (C=O) groups is 1. The molecule has 0 saturated carbocycles. The van der Waals surface area contributed by atoms with Crippen molar-refractivity contribution in [3.8, 4) is 0 Å². The minimum absolute atomic E-state index is 0.153. The maximum Gasteiger partial charge on any atom is 0.328 e. The van der Waals surface area contributed by atoms with Crippen LogP contribution in [0.25, 0.3) is 11.0 Å². The predicted molar refractivity (Wildman–Crippen MR) is 77.4 cm³/mol. The van der Waals surface area contributed by atoms with Crippen LogP contribution in [-0.4, -0.2) is 46.3 Å². The number of carboxylic acid groups (broad SMARTS) is 1. The zero-order valence-electron chi connectivity index (χ0n) is 11.0. The summed E-state index contributed by atoms with van der Waals surface area (Å²) in [6.07, 6.45) is 4.81. The molecule has 1 saturated heterocycles. The number of aliphatic carboxylic acids is 1. The van der Waals surface area contributed by atoms with Crippen LogP contribution in [0, 0.1) is 0 Å². The zero-order valence-corrected chi connectivity index (χ0v) is 11.8. The summed E-state index contributed by atoms with van der Waals surface area (Å²) >= 11 is 1.53. The Kier molecular flexibility index (Phi) is 3.45. The second-order valence-electron chi connectivity index (χ2n) is 4.68. The number of aromatic nitrogens is 2. The summed E-state index contributed by atoms with van der Waals surface area (Å²) in [5, 5.41) is 10.8. The first-order valence-corrected chi connectivity index (χ1v) is 7.26. The van der Waals surface area contributed by atoms with Crippen molar-refractivity contribution >= 4 is 34.2 Å². The molecule has 1 fully saturated rings. The number of morpholine rings is 1. The van der Waals surface area contributed by atoms with E-state index in [-0.39, 0.29) is 6.10 Å². The highest BCUT2D eigenvalue weighted by atomic mass is 32.1. The Morgan fingerprint density at radius 1 is 1.65 bits per heavy atom. The Hall–Kier alpha value is -1.86. The van der Waals surface area contributed by atoms with E-state index in [1.807, 2.05) is 22.9 Å². The molecule has 7 heteroatoms. The van der Waals surface area contributed by atoms with Crippen molar-refractivity contribution in [1.82, 2.24) is 9.38 Å². The lowest BCUT2D eigenvalue weighted by atomic mass is 10.2. The summed E-state index contributed by atoms with van der Waals surface area (Å²) < 4.78 is 7.45. The highest BCUT2D eigenvalue weighted by molar-refractivity contribution is 7.15. The molecule has 1 N–H and O–H groups in total. The molecule has 0 aromatic carbocycles. The molecule has 0 amide bonds. The van der Waals surface area contributed by atoms with Gasteiger partial charge in [0.2, 0.25) is 0 Å². The topological polar surface area (TPSA) is 67.1 Å². The molecule has 0 radical (unpaired) electrons. The van der Waals surface area contributed by atoms with Gasteiger partial charge in [0.05, 0.1) is 18.4 Å². The molecule has 0 spiro atoms. The Morgan fingerprint density at radius 3 is 3.25 bits per heavy atom. The first-order chi connectivity index (χ1) is 9.65. The van der Waals surface area contributed by atoms with E-state index in [9.17, 15) is 4.79 Å². The van der Waals surface area contributed by atoms with Gasteiger partial charge in [-0.3, -0.25) is 4.40 Å². The molecular weight excluding hydrogens is 278 g/mol. The molecule has 106 valence electrons. The normalized spacial score (nSPS) is 20.1. The molecule has 1 unspecified atom stereocenters. The van der Waals surface area contributed by atoms with Crippen molar-refractivity contribution in [2.24, 2.45) is 0 Å². The lowest BCUT2D eigenvalue weighted by Crippen LogP contribution is -2.41. The fourth-order valence-corrected chi connectivity index (χ4v) is 3.06. The van der Waals surface area contributed by atoms with Crippen molar-refractivity contribution in [3.05, 3.63) is 23.3 Å². The fraction of sp³-hybridized carbons (Fsp3) is 0.385. The Bertz CT molecular complexity index is 661. The second kappa shape index (κ2) is 5.26. The van der Waals surface area contributed by atoms with Crippen molar-refractivity contribution in [1.29, 1.82) is 0 Å². The van der Waals surface area contributed by atoms with Gasteiger partial charge in [-0.25, -0.2) is 9.78 Å². The SMILES string of the molecule is CC1CN(c2nc3sccn3c2C=CC(=O)O)CCO1. The standard InChI is InChI=1S/C13H15N3O3S/c1-9-8-15(4-6-19-9)12-10(2-3-11(17)18)16-5-7-20-13(16)14-12/h2-3,5,7,9H,4,6,8H2,1H3,(H,17,18). The summed E-state index contributed by atoms with van der Waals surface area (Å²) in [5.74, 6) is -0.138. The predicted octanol–water partition coefficient (Wildman–Crippen LogP) is 1.72. The molecule has 0 bridgehead atoms. The number of rotatable bonds is 3. The van der Waals surface area contributed by atoms with Crippen LogP contribution in [0.15, 0.2) is 17.7 Å². The molecule has 3 rings (SSSR count). The largest absolute Gasteiger partial charge is 0.478 e. The smallest absolute Gasteiger partial charge is 0.328 e. The molecule has 1 aliphatic rings. The maximum absolute atomic E-state index is 10.8. The van der Waals surface area contributed by atoms with Crippen LogP contribution in [-0.2, 0) is 9.53 Å². The third-order valence-electron chi connectivity index (χ3n) is 3.20. The van der Waals surface area contributed by atoms with E-state index in [2.05, 4.69) is 9.88 Å². The summed E-state index contributed by atoms with van der Waals surface area (Å²) in [4.78, 5) is 18.4. The van der Waals surface area contributed by atoms with Crippen LogP contribution in [0.4, 0.5) is 5.82 Å². The number of ether oxygens (including phenoxy) is 1. The molecule has 0 aliphatic carbocycles. The third-order valence-corrected chi connectivity index (χ3v) is 3.96. The number of imidazole rings is 1. The van der Waals surface area contributed by atoms with Crippen molar-refractivity contribution in [3.63, 3.8) is 0 Å². The van der Waals surface area contributed by atoms with Crippen LogP contribution in [0.1, 0.15) is 12.6 Å². The van der Waals surface area contributed by atoms with Crippen molar-refractivity contribution in [2.75, 3.05) is 24.6 Å². The average Bonchev–Trinajstić information content (AvgIpc) is 2.96. The quantitative estimate of drug-likeness (QED) is 0.873. The monoisotopic (exact) mass is 293 g/mol. The fourth-order valence-electron chi connectivity index (χ4n) is 2.34. The molecule has 20 heavy (non-hydrogen) atoms. The van der Waals surface area contributed by atoms with Gasteiger partial charge in [0.25, 0.3) is 0 Å². The molecule has 6 nitrogen and oxygen atoms in total. The number of hydrogen-bond donors (Lipinski definition) is 1. The van der Waals surface area contributed by atoms with Gasteiger partial charge in [0.1, 0.15) is 0 Å². The van der Waals surface area contributed by atoms with Gasteiger partial charge in [0, 0.05) is 30.7 Å². The molecule has 1 atom stereocenters. The molecule has 2 aromatic rings. The van der Waals surface area contributed by atoms with E-state index < -0.39 is 5.97 Å². The number of nitrogens with zero attached hydrogens (tertiary/aromatic N) is 3. The van der Waals surface area contributed by atoms with E-state index in [4.69, 9.17) is 9.84 Å². The van der Waals surface area contributed by atoms with E-state index in [1.54, 1.807) is 6.08 Å². The van der Waals surface area contributed by atoms with Gasteiger partial charge in [-0.1, -0.05) is 0 Å². The Morgan fingerprint density at radius 2 is 2.50 bits per heavy atom. The van der Waals surface area contributed by atoms with Crippen LogP contribution >= 0.6 is 11.3 Å². The molecule has 3 heterocycles. The van der Waals surface area contributed by atoms with Gasteiger partial charge in [-0.15, -0.1) is 11.3 Å².